The summed E-state index contributed by atoms with van der Waals surface area (Å²) in [5, 5.41) is 9.27. The minimum absolute atomic E-state index is 0.280. The van der Waals surface area contributed by atoms with Gasteiger partial charge in [-0.05, 0) is 18.1 Å². The third-order valence-corrected chi connectivity index (χ3v) is 3.61. The van der Waals surface area contributed by atoms with Crippen molar-refractivity contribution in [1.29, 1.82) is 0 Å². The molecule has 0 heterocycles. The van der Waals surface area contributed by atoms with Gasteiger partial charge in [0.2, 0.25) is 0 Å². The van der Waals surface area contributed by atoms with Crippen molar-refractivity contribution in [2.45, 2.75) is 38.6 Å². The van der Waals surface area contributed by atoms with Crippen molar-refractivity contribution < 1.29 is 22.7 Å². The first-order valence-corrected chi connectivity index (χ1v) is 6.47. The molecule has 0 spiro atoms. The van der Waals surface area contributed by atoms with Crippen LogP contribution < -0.4 is 5.73 Å². The monoisotopic (exact) mass is 313 g/mol. The fourth-order valence-corrected chi connectivity index (χ4v) is 2.02. The van der Waals surface area contributed by atoms with E-state index in [1.165, 1.54) is 0 Å². The van der Waals surface area contributed by atoms with Gasteiger partial charge >= 0.3 is 6.18 Å². The van der Waals surface area contributed by atoms with Crippen LogP contribution in [0.2, 0.25) is 5.02 Å². The number of aliphatic hydroxyl groups excluding tert-OH is 1. The number of halogens is 5. The molecule has 0 aliphatic carbocycles. The third-order valence-electron chi connectivity index (χ3n) is 3.34. The molecule has 7 heteroatoms. The predicted molar refractivity (Wildman–Crippen MR) is 68.8 cm³/mol. The van der Waals surface area contributed by atoms with Crippen LogP contribution in [0, 0.1) is 11.7 Å². The molecule has 3 atom stereocenters. The lowest BCUT2D eigenvalue weighted by molar-refractivity contribution is -0.137. The standard InChI is InChI=1S/C13H16ClF4NO/c1-3-6(2)12(20)11(19)8-4-7(13(16,17)18)5-9(14)10(8)15/h4-6,11-12,20H,3,19H2,1-2H3/t6?,11-,12+/m0/s1. The van der Waals surface area contributed by atoms with E-state index in [0.29, 0.717) is 18.6 Å². The second-order valence-electron chi connectivity index (χ2n) is 4.76. The Kier molecular flexibility index (Phi) is 5.40. The van der Waals surface area contributed by atoms with Crippen molar-refractivity contribution in [3.8, 4) is 0 Å². The maximum atomic E-state index is 13.9. The van der Waals surface area contributed by atoms with E-state index in [4.69, 9.17) is 17.3 Å². The van der Waals surface area contributed by atoms with Crippen LogP contribution in [0.3, 0.4) is 0 Å². The Hall–Kier alpha value is -0.850. The first-order valence-electron chi connectivity index (χ1n) is 6.09. The van der Waals surface area contributed by atoms with Crippen molar-refractivity contribution in [2.24, 2.45) is 11.7 Å². The lowest BCUT2D eigenvalue weighted by Crippen LogP contribution is -2.32. The average molecular weight is 314 g/mol. The van der Waals surface area contributed by atoms with Gasteiger partial charge in [-0.15, -0.1) is 0 Å². The molecule has 1 unspecified atom stereocenters. The Labute approximate surface area is 119 Å². The van der Waals surface area contributed by atoms with E-state index < -0.39 is 40.3 Å². The summed E-state index contributed by atoms with van der Waals surface area (Å²) in [6.45, 7) is 3.47. The van der Waals surface area contributed by atoms with E-state index in [-0.39, 0.29) is 5.92 Å². The highest BCUT2D eigenvalue weighted by Crippen LogP contribution is 2.36. The summed E-state index contributed by atoms with van der Waals surface area (Å²) in [6, 6.07) is -0.176. The van der Waals surface area contributed by atoms with Gasteiger partial charge in [-0.3, -0.25) is 0 Å². The van der Waals surface area contributed by atoms with Gasteiger partial charge in [-0.2, -0.15) is 13.2 Å². The van der Waals surface area contributed by atoms with Crippen molar-refractivity contribution in [2.75, 3.05) is 0 Å². The van der Waals surface area contributed by atoms with E-state index in [1.54, 1.807) is 13.8 Å². The molecule has 114 valence electrons. The van der Waals surface area contributed by atoms with Crippen LogP contribution in [-0.4, -0.2) is 11.2 Å². The maximum Gasteiger partial charge on any atom is 0.416 e. The van der Waals surface area contributed by atoms with Crippen molar-refractivity contribution >= 4 is 11.6 Å². The third kappa shape index (κ3) is 3.62. The van der Waals surface area contributed by atoms with Crippen LogP contribution in [0.5, 0.6) is 0 Å². The summed E-state index contributed by atoms with van der Waals surface area (Å²) < 4.78 is 51.9. The molecule has 0 radical (unpaired) electrons. The Bertz CT molecular complexity index is 478. The molecule has 1 aromatic rings. The van der Waals surface area contributed by atoms with Crippen LogP contribution in [0.1, 0.15) is 37.4 Å². The largest absolute Gasteiger partial charge is 0.416 e. The maximum absolute atomic E-state index is 13.9. The number of hydrogen-bond donors (Lipinski definition) is 2. The minimum atomic E-state index is -4.66. The van der Waals surface area contributed by atoms with E-state index >= 15 is 0 Å². The molecule has 0 bridgehead atoms. The Morgan fingerprint density at radius 3 is 2.35 bits per heavy atom. The van der Waals surface area contributed by atoms with E-state index in [1.807, 2.05) is 0 Å². The second kappa shape index (κ2) is 6.28. The van der Waals surface area contributed by atoms with E-state index in [9.17, 15) is 22.7 Å². The molecule has 2 nitrogen and oxygen atoms in total. The van der Waals surface area contributed by atoms with Crippen molar-refractivity contribution in [1.82, 2.24) is 0 Å². The molecule has 0 saturated heterocycles. The van der Waals surface area contributed by atoms with Gasteiger partial charge in [-0.1, -0.05) is 31.9 Å². The fourth-order valence-electron chi connectivity index (χ4n) is 1.80. The van der Waals surface area contributed by atoms with Crippen molar-refractivity contribution in [3.05, 3.63) is 34.1 Å². The number of aliphatic hydroxyl groups is 1. The molecule has 0 aliphatic rings. The van der Waals surface area contributed by atoms with Crippen LogP contribution in [0.4, 0.5) is 17.6 Å². The SMILES string of the molecule is CCC(C)[C@@H](O)[C@@H](N)c1cc(C(F)(F)F)cc(Cl)c1F. The smallest absolute Gasteiger partial charge is 0.391 e. The average Bonchev–Trinajstić information content (AvgIpc) is 2.37. The van der Waals surface area contributed by atoms with Gasteiger partial charge < -0.3 is 10.8 Å². The van der Waals surface area contributed by atoms with Gasteiger partial charge in [-0.25, -0.2) is 4.39 Å². The van der Waals surface area contributed by atoms with Crippen LogP contribution in [-0.2, 0) is 6.18 Å². The summed E-state index contributed by atoms with van der Waals surface area (Å²) in [4.78, 5) is 0. The summed E-state index contributed by atoms with van der Waals surface area (Å²) in [6.07, 6.45) is -5.26. The molecule has 3 N–H and O–H groups in total. The molecular formula is C13H16ClF4NO. The van der Waals surface area contributed by atoms with E-state index in [0.717, 1.165) is 0 Å². The zero-order valence-electron chi connectivity index (χ0n) is 11.0. The van der Waals surface area contributed by atoms with Crippen molar-refractivity contribution in [3.63, 3.8) is 0 Å². The van der Waals surface area contributed by atoms with Crippen LogP contribution in [0.15, 0.2) is 12.1 Å². The Morgan fingerprint density at radius 1 is 1.35 bits per heavy atom. The van der Waals surface area contributed by atoms with E-state index in [2.05, 4.69) is 0 Å². The van der Waals surface area contributed by atoms with Gasteiger partial charge in [0.1, 0.15) is 5.82 Å². The fraction of sp³-hybridized carbons (Fsp3) is 0.538. The Balaban J connectivity index is 3.26. The number of benzene rings is 1. The van der Waals surface area contributed by atoms with Gasteiger partial charge in [0.25, 0.3) is 0 Å². The summed E-state index contributed by atoms with van der Waals surface area (Å²) >= 11 is 5.48. The highest BCUT2D eigenvalue weighted by atomic mass is 35.5. The summed E-state index contributed by atoms with van der Waals surface area (Å²) in [5.41, 5.74) is 4.16. The molecule has 0 fully saturated rings. The zero-order chi connectivity index (χ0) is 15.7. The quantitative estimate of drug-likeness (QED) is 0.828. The number of rotatable bonds is 4. The summed E-state index contributed by atoms with van der Waals surface area (Å²) in [7, 11) is 0. The van der Waals surface area contributed by atoms with Crippen LogP contribution >= 0.6 is 11.6 Å². The zero-order valence-corrected chi connectivity index (χ0v) is 11.8. The topological polar surface area (TPSA) is 46.2 Å². The number of alkyl halides is 3. The van der Waals surface area contributed by atoms with Gasteiger partial charge in [0.05, 0.1) is 22.7 Å². The first-order chi connectivity index (χ1) is 9.09. The predicted octanol–water partition coefficient (Wildman–Crippen LogP) is 3.90. The molecule has 0 amide bonds. The molecular weight excluding hydrogens is 298 g/mol. The highest BCUT2D eigenvalue weighted by molar-refractivity contribution is 6.30. The van der Waals surface area contributed by atoms with Crippen LogP contribution in [0.25, 0.3) is 0 Å². The molecule has 1 aromatic carbocycles. The summed E-state index contributed by atoms with van der Waals surface area (Å²) in [5.74, 6) is -1.31. The molecule has 0 aromatic heterocycles. The Morgan fingerprint density at radius 2 is 1.90 bits per heavy atom. The lowest BCUT2D eigenvalue weighted by Gasteiger charge is -2.25. The molecule has 0 saturated carbocycles. The molecule has 0 aliphatic heterocycles. The second-order valence-corrected chi connectivity index (χ2v) is 5.17. The van der Waals surface area contributed by atoms with Gasteiger partial charge in [0.15, 0.2) is 0 Å². The minimum Gasteiger partial charge on any atom is -0.391 e. The first kappa shape index (κ1) is 17.2. The highest BCUT2D eigenvalue weighted by Gasteiger charge is 2.34. The molecule has 20 heavy (non-hydrogen) atoms. The van der Waals surface area contributed by atoms with Gasteiger partial charge in [0, 0.05) is 5.56 Å². The molecule has 1 rings (SSSR count). The normalized spacial score (nSPS) is 16.9. The lowest BCUT2D eigenvalue weighted by atomic mass is 9.90. The number of hydrogen-bond acceptors (Lipinski definition) is 2. The number of nitrogens with two attached hydrogens (primary N) is 1.